The summed E-state index contributed by atoms with van der Waals surface area (Å²) < 4.78 is 7.01. The van der Waals surface area contributed by atoms with Gasteiger partial charge in [-0.1, -0.05) is 20.8 Å². The third-order valence-electron chi connectivity index (χ3n) is 7.41. The first-order chi connectivity index (χ1) is 12.8. The third kappa shape index (κ3) is 2.78. The molecular weight excluding hydrogens is 378 g/mol. The van der Waals surface area contributed by atoms with E-state index in [9.17, 15) is 4.79 Å². The number of hydrogen-bond donors (Lipinski definition) is 0. The van der Waals surface area contributed by atoms with Crippen molar-refractivity contribution < 1.29 is 9.22 Å². The molecule has 2 saturated carbocycles. The van der Waals surface area contributed by atoms with E-state index in [0.717, 1.165) is 61.6 Å². The summed E-state index contributed by atoms with van der Waals surface area (Å²) in [5.41, 5.74) is 0.271. The summed E-state index contributed by atoms with van der Waals surface area (Å²) in [5, 5.41) is 0.212. The van der Waals surface area contributed by atoms with Crippen LogP contribution in [0.5, 0.6) is 0 Å². The Labute approximate surface area is 168 Å². The third-order valence-corrected chi connectivity index (χ3v) is 12.4. The Hall–Kier alpha value is -0.983. The van der Waals surface area contributed by atoms with E-state index >= 15 is 0 Å². The highest BCUT2D eigenvalue weighted by molar-refractivity contribution is 6.73. The molecule has 148 valence electrons. The molecule has 2 heterocycles. The van der Waals surface area contributed by atoms with Crippen LogP contribution in [0.25, 0.3) is 0 Å². The first-order valence-corrected chi connectivity index (χ1v) is 13.3. The van der Waals surface area contributed by atoms with Gasteiger partial charge in [0.2, 0.25) is 11.2 Å². The van der Waals surface area contributed by atoms with Crippen molar-refractivity contribution in [3.05, 3.63) is 17.0 Å². The number of halogens is 1. The Kier molecular flexibility index (Phi) is 4.68. The fourth-order valence-electron chi connectivity index (χ4n) is 5.31. The molecule has 0 saturated heterocycles. The van der Waals surface area contributed by atoms with E-state index in [1.807, 2.05) is 4.90 Å². The van der Waals surface area contributed by atoms with Crippen LogP contribution in [-0.4, -0.2) is 35.8 Å². The molecule has 0 bridgehead atoms. The Balaban J connectivity index is 1.72. The maximum absolute atomic E-state index is 13.5. The summed E-state index contributed by atoms with van der Waals surface area (Å²) in [6.07, 6.45) is 6.59. The zero-order valence-corrected chi connectivity index (χ0v) is 18.6. The summed E-state index contributed by atoms with van der Waals surface area (Å²) in [7, 11) is -1.79. The molecule has 4 rings (SSSR count). The van der Waals surface area contributed by atoms with Crippen LogP contribution in [0, 0.1) is 0 Å². The van der Waals surface area contributed by atoms with Gasteiger partial charge in [0.1, 0.15) is 5.82 Å². The summed E-state index contributed by atoms with van der Waals surface area (Å²) in [6, 6.07) is 3.38. The lowest BCUT2D eigenvalue weighted by Crippen LogP contribution is -2.56. The SMILES string of the molecule is CC[Si](CC)(CC)O[C@@]1(C)CCC[C@H]1N1C(=O)C2(CC2)c2cnc(Cl)nc21. The highest BCUT2D eigenvalue weighted by atomic mass is 35.5. The van der Waals surface area contributed by atoms with E-state index in [1.165, 1.54) is 0 Å². The number of aromatic nitrogens is 2. The summed E-state index contributed by atoms with van der Waals surface area (Å²) >= 11 is 6.12. The quantitative estimate of drug-likeness (QED) is 0.500. The van der Waals surface area contributed by atoms with Gasteiger partial charge in [0, 0.05) is 11.8 Å². The van der Waals surface area contributed by atoms with Crippen LogP contribution >= 0.6 is 11.6 Å². The van der Waals surface area contributed by atoms with Crippen LogP contribution in [0.4, 0.5) is 5.82 Å². The van der Waals surface area contributed by atoms with E-state index in [0.29, 0.717) is 0 Å². The molecule has 1 amide bonds. The highest BCUT2D eigenvalue weighted by Gasteiger charge is 2.63. The monoisotopic (exact) mass is 407 g/mol. The first kappa shape index (κ1) is 19.3. The van der Waals surface area contributed by atoms with Crippen molar-refractivity contribution in [2.45, 2.75) is 95.0 Å². The van der Waals surface area contributed by atoms with Gasteiger partial charge in [-0.2, -0.15) is 4.98 Å². The first-order valence-electron chi connectivity index (χ1n) is 10.4. The number of carbonyl (C=O) groups is 1. The van der Waals surface area contributed by atoms with Crippen LogP contribution in [0.1, 0.15) is 65.4 Å². The Morgan fingerprint density at radius 1 is 1.26 bits per heavy atom. The van der Waals surface area contributed by atoms with Crippen molar-refractivity contribution >= 4 is 31.6 Å². The molecule has 1 aromatic heterocycles. The maximum atomic E-state index is 13.5. The fourth-order valence-corrected chi connectivity index (χ4v) is 8.60. The van der Waals surface area contributed by atoms with Gasteiger partial charge in [-0.15, -0.1) is 0 Å². The second kappa shape index (κ2) is 6.53. The average molecular weight is 408 g/mol. The lowest BCUT2D eigenvalue weighted by Gasteiger charge is -2.44. The molecule has 0 radical (unpaired) electrons. The van der Waals surface area contributed by atoms with Crippen molar-refractivity contribution in [2.24, 2.45) is 0 Å². The van der Waals surface area contributed by atoms with Gasteiger partial charge in [-0.3, -0.25) is 9.69 Å². The number of fused-ring (bicyclic) bond motifs is 2. The number of anilines is 1. The van der Waals surface area contributed by atoms with E-state index in [2.05, 4.69) is 37.7 Å². The predicted molar refractivity (Wildman–Crippen MR) is 110 cm³/mol. The van der Waals surface area contributed by atoms with Gasteiger partial charge in [0.05, 0.1) is 17.1 Å². The largest absolute Gasteiger partial charge is 0.410 e. The average Bonchev–Trinajstić information content (AvgIpc) is 3.34. The molecule has 0 unspecified atom stereocenters. The fraction of sp³-hybridized carbons (Fsp3) is 0.750. The van der Waals surface area contributed by atoms with Crippen molar-refractivity contribution in [2.75, 3.05) is 4.90 Å². The molecule has 2 fully saturated rings. The van der Waals surface area contributed by atoms with E-state index in [4.69, 9.17) is 16.0 Å². The molecule has 27 heavy (non-hydrogen) atoms. The Bertz CT molecular complexity index is 757. The van der Waals surface area contributed by atoms with Crippen LogP contribution < -0.4 is 4.90 Å². The van der Waals surface area contributed by atoms with Crippen LogP contribution in [0.15, 0.2) is 6.20 Å². The predicted octanol–water partition coefficient (Wildman–Crippen LogP) is 4.84. The minimum atomic E-state index is -1.79. The molecule has 2 aliphatic carbocycles. The molecule has 7 heteroatoms. The molecule has 3 aliphatic rings. The van der Waals surface area contributed by atoms with Crippen molar-refractivity contribution in [1.29, 1.82) is 0 Å². The second-order valence-electron chi connectivity index (χ2n) is 8.70. The molecule has 5 nitrogen and oxygen atoms in total. The lowest BCUT2D eigenvalue weighted by molar-refractivity contribution is -0.121. The molecule has 0 N–H and O–H groups in total. The molecule has 1 aromatic rings. The van der Waals surface area contributed by atoms with Crippen molar-refractivity contribution in [3.8, 4) is 0 Å². The number of rotatable bonds is 6. The molecular formula is C20H30ClN3O2Si. The summed E-state index contributed by atoms with van der Waals surface area (Å²) in [4.78, 5) is 24.1. The summed E-state index contributed by atoms with van der Waals surface area (Å²) in [6.45, 7) is 9.00. The molecule has 0 aromatic carbocycles. The van der Waals surface area contributed by atoms with Crippen LogP contribution in [0.3, 0.4) is 0 Å². The van der Waals surface area contributed by atoms with Gasteiger partial charge in [-0.05, 0) is 68.8 Å². The second-order valence-corrected chi connectivity index (χ2v) is 13.7. The Morgan fingerprint density at radius 2 is 1.93 bits per heavy atom. The lowest BCUT2D eigenvalue weighted by atomic mass is 9.98. The van der Waals surface area contributed by atoms with Crippen molar-refractivity contribution in [1.82, 2.24) is 9.97 Å². The molecule has 1 aliphatic heterocycles. The zero-order chi connectivity index (χ0) is 19.4. The maximum Gasteiger partial charge on any atom is 0.239 e. The van der Waals surface area contributed by atoms with Gasteiger partial charge in [0.15, 0.2) is 8.32 Å². The van der Waals surface area contributed by atoms with Gasteiger partial charge in [-0.25, -0.2) is 4.98 Å². The number of hydrogen-bond acceptors (Lipinski definition) is 4. The molecule has 2 atom stereocenters. The van der Waals surface area contributed by atoms with E-state index < -0.39 is 13.7 Å². The van der Waals surface area contributed by atoms with E-state index in [1.54, 1.807) is 6.20 Å². The summed E-state index contributed by atoms with van der Waals surface area (Å²) in [5.74, 6) is 0.920. The van der Waals surface area contributed by atoms with Gasteiger partial charge in [0.25, 0.3) is 0 Å². The van der Waals surface area contributed by atoms with E-state index in [-0.39, 0.29) is 22.8 Å². The number of amides is 1. The normalized spacial score (nSPS) is 28.9. The molecule has 1 spiro atoms. The van der Waals surface area contributed by atoms with Crippen molar-refractivity contribution in [3.63, 3.8) is 0 Å². The number of carbonyl (C=O) groups excluding carboxylic acids is 1. The highest BCUT2D eigenvalue weighted by Crippen LogP contribution is 2.58. The standard InChI is InChI=1S/C20H30ClN3O2Si/c1-5-27(6-2,7-3)26-19(4)10-8-9-15(19)24-16-14(13-22-18(21)23-16)20(11-12-20)17(24)25/h13,15H,5-12H2,1-4H3/t15-,19+/m1/s1. The Morgan fingerprint density at radius 3 is 2.52 bits per heavy atom. The van der Waals surface area contributed by atoms with Crippen LogP contribution in [0.2, 0.25) is 23.4 Å². The minimum absolute atomic E-state index is 0.0335. The minimum Gasteiger partial charge on any atom is -0.410 e. The van der Waals surface area contributed by atoms with Crippen LogP contribution in [-0.2, 0) is 14.6 Å². The smallest absolute Gasteiger partial charge is 0.239 e. The van der Waals surface area contributed by atoms with Gasteiger partial charge >= 0.3 is 0 Å². The topological polar surface area (TPSA) is 55.3 Å². The van der Waals surface area contributed by atoms with Gasteiger partial charge < -0.3 is 4.43 Å². The number of nitrogens with zero attached hydrogens (tertiary/aromatic N) is 3. The zero-order valence-electron chi connectivity index (χ0n) is 16.8.